The predicted molar refractivity (Wildman–Crippen MR) is 78.5 cm³/mol. The third-order valence-corrected chi connectivity index (χ3v) is 4.33. The molecule has 2 aromatic heterocycles. The number of hydrogen-bond acceptors (Lipinski definition) is 5. The lowest BCUT2D eigenvalue weighted by Crippen LogP contribution is -2.25. The summed E-state index contributed by atoms with van der Waals surface area (Å²) >= 11 is 1.75. The second kappa shape index (κ2) is 6.47. The second-order valence-electron chi connectivity index (χ2n) is 5.02. The molecule has 3 rings (SSSR count). The molecule has 2 aromatic rings. The Morgan fingerprint density at radius 3 is 3.25 bits per heavy atom. The Hall–Kier alpha value is -1.24. The van der Waals surface area contributed by atoms with Crippen molar-refractivity contribution >= 4 is 11.3 Å². The second-order valence-corrected chi connectivity index (χ2v) is 5.80. The van der Waals surface area contributed by atoms with Crippen LogP contribution in [0.1, 0.15) is 43.0 Å². The number of rotatable bonds is 6. The molecule has 0 saturated carbocycles. The molecule has 0 radical (unpaired) electrons. The van der Waals surface area contributed by atoms with Crippen molar-refractivity contribution in [1.29, 1.82) is 0 Å². The molecule has 3 heterocycles. The highest BCUT2D eigenvalue weighted by Gasteiger charge is 2.17. The number of thiophene rings is 1. The SMILES string of the molecule is CCC[C@H](NCc1nnc2n1CCOC2)c1ccsc1. The number of aromatic nitrogens is 3. The molecular formula is C14H20N4OS. The Morgan fingerprint density at radius 1 is 1.50 bits per heavy atom. The van der Waals surface area contributed by atoms with E-state index in [1.165, 1.54) is 12.0 Å². The van der Waals surface area contributed by atoms with Crippen LogP contribution in [-0.2, 0) is 24.4 Å². The van der Waals surface area contributed by atoms with Gasteiger partial charge < -0.3 is 14.6 Å². The van der Waals surface area contributed by atoms with Gasteiger partial charge in [-0.25, -0.2) is 0 Å². The zero-order valence-corrected chi connectivity index (χ0v) is 12.5. The fraction of sp³-hybridized carbons (Fsp3) is 0.571. The Balaban J connectivity index is 1.67. The molecule has 1 aliphatic heterocycles. The summed E-state index contributed by atoms with van der Waals surface area (Å²) in [6.45, 7) is 5.16. The van der Waals surface area contributed by atoms with Crippen molar-refractivity contribution in [2.45, 2.75) is 45.5 Å². The summed E-state index contributed by atoms with van der Waals surface area (Å²) < 4.78 is 7.56. The highest BCUT2D eigenvalue weighted by Crippen LogP contribution is 2.21. The van der Waals surface area contributed by atoms with Crippen LogP contribution in [-0.4, -0.2) is 21.4 Å². The number of nitrogens with zero attached hydrogens (tertiary/aromatic N) is 3. The quantitative estimate of drug-likeness (QED) is 0.889. The first-order chi connectivity index (χ1) is 9.88. The first kappa shape index (κ1) is 13.7. The van der Waals surface area contributed by atoms with Gasteiger partial charge in [-0.05, 0) is 28.8 Å². The average molecular weight is 292 g/mol. The molecule has 108 valence electrons. The van der Waals surface area contributed by atoms with Gasteiger partial charge in [0.1, 0.15) is 12.4 Å². The van der Waals surface area contributed by atoms with Crippen LogP contribution in [0.25, 0.3) is 0 Å². The number of fused-ring (bicyclic) bond motifs is 1. The van der Waals surface area contributed by atoms with E-state index < -0.39 is 0 Å². The molecule has 0 aromatic carbocycles. The van der Waals surface area contributed by atoms with Crippen molar-refractivity contribution in [1.82, 2.24) is 20.1 Å². The lowest BCUT2D eigenvalue weighted by molar-refractivity contribution is 0.0804. The number of ether oxygens (including phenoxy) is 1. The maximum absolute atomic E-state index is 5.39. The van der Waals surface area contributed by atoms with Gasteiger partial charge in [-0.15, -0.1) is 10.2 Å². The minimum absolute atomic E-state index is 0.402. The Kier molecular flexibility index (Phi) is 4.44. The van der Waals surface area contributed by atoms with Crippen LogP contribution < -0.4 is 5.32 Å². The normalized spacial score (nSPS) is 16.1. The average Bonchev–Trinajstić information content (AvgIpc) is 3.13. The Bertz CT molecular complexity index is 537. The van der Waals surface area contributed by atoms with Crippen LogP contribution >= 0.6 is 11.3 Å². The monoisotopic (exact) mass is 292 g/mol. The van der Waals surface area contributed by atoms with E-state index in [4.69, 9.17) is 4.74 Å². The van der Waals surface area contributed by atoms with E-state index in [0.717, 1.165) is 37.8 Å². The van der Waals surface area contributed by atoms with Crippen molar-refractivity contribution in [2.24, 2.45) is 0 Å². The molecule has 0 fully saturated rings. The van der Waals surface area contributed by atoms with Crippen LogP contribution in [0, 0.1) is 0 Å². The topological polar surface area (TPSA) is 52.0 Å². The summed E-state index contributed by atoms with van der Waals surface area (Å²) in [5.74, 6) is 1.95. The van der Waals surface area contributed by atoms with Gasteiger partial charge in [0.2, 0.25) is 0 Å². The minimum Gasteiger partial charge on any atom is -0.372 e. The highest BCUT2D eigenvalue weighted by molar-refractivity contribution is 7.07. The zero-order valence-electron chi connectivity index (χ0n) is 11.7. The van der Waals surface area contributed by atoms with E-state index in [-0.39, 0.29) is 0 Å². The minimum atomic E-state index is 0.402. The molecule has 1 atom stereocenters. The number of hydrogen-bond donors (Lipinski definition) is 1. The standard InChI is InChI=1S/C14H20N4OS/c1-2-3-12(11-4-7-20-10-11)15-8-13-16-17-14-9-19-6-5-18(13)14/h4,7,10,12,15H,2-3,5-6,8-9H2,1H3/t12-/m0/s1. The van der Waals surface area contributed by atoms with Crippen LogP contribution in [0.2, 0.25) is 0 Å². The van der Waals surface area contributed by atoms with E-state index in [9.17, 15) is 0 Å². The summed E-state index contributed by atoms with van der Waals surface area (Å²) in [6.07, 6.45) is 2.31. The van der Waals surface area contributed by atoms with Gasteiger partial charge in [-0.3, -0.25) is 0 Å². The fourth-order valence-electron chi connectivity index (χ4n) is 2.55. The first-order valence-corrected chi connectivity index (χ1v) is 8.07. The molecule has 20 heavy (non-hydrogen) atoms. The van der Waals surface area contributed by atoms with E-state index in [1.807, 2.05) is 0 Å². The van der Waals surface area contributed by atoms with Gasteiger partial charge in [-0.1, -0.05) is 13.3 Å². The molecule has 6 heteroatoms. The summed E-state index contributed by atoms with van der Waals surface area (Å²) in [7, 11) is 0. The van der Waals surface area contributed by atoms with Gasteiger partial charge in [-0.2, -0.15) is 11.3 Å². The third-order valence-electron chi connectivity index (χ3n) is 3.62. The first-order valence-electron chi connectivity index (χ1n) is 7.12. The van der Waals surface area contributed by atoms with E-state index in [0.29, 0.717) is 12.6 Å². The molecule has 5 nitrogen and oxygen atoms in total. The third kappa shape index (κ3) is 2.92. The van der Waals surface area contributed by atoms with Crippen molar-refractivity contribution in [3.63, 3.8) is 0 Å². The zero-order chi connectivity index (χ0) is 13.8. The van der Waals surface area contributed by atoms with Gasteiger partial charge in [0, 0.05) is 12.6 Å². The van der Waals surface area contributed by atoms with Crippen LogP contribution in [0.3, 0.4) is 0 Å². The van der Waals surface area contributed by atoms with Gasteiger partial charge in [0.15, 0.2) is 5.82 Å². The van der Waals surface area contributed by atoms with E-state index >= 15 is 0 Å². The van der Waals surface area contributed by atoms with E-state index in [1.54, 1.807) is 11.3 Å². The molecule has 0 amide bonds. The van der Waals surface area contributed by atoms with Gasteiger partial charge >= 0.3 is 0 Å². The van der Waals surface area contributed by atoms with Crippen molar-refractivity contribution < 1.29 is 4.74 Å². The molecule has 0 saturated heterocycles. The predicted octanol–water partition coefficient (Wildman–Crippen LogP) is 2.50. The highest BCUT2D eigenvalue weighted by atomic mass is 32.1. The molecule has 0 bridgehead atoms. The summed E-state index contributed by atoms with van der Waals surface area (Å²) in [5, 5.41) is 16.5. The van der Waals surface area contributed by atoms with Crippen LogP contribution in [0.4, 0.5) is 0 Å². The van der Waals surface area contributed by atoms with Crippen molar-refractivity contribution in [3.05, 3.63) is 34.0 Å². The lowest BCUT2D eigenvalue weighted by atomic mass is 10.1. The summed E-state index contributed by atoms with van der Waals surface area (Å²) in [4.78, 5) is 0. The molecule has 1 aliphatic rings. The maximum atomic E-state index is 5.39. The summed E-state index contributed by atoms with van der Waals surface area (Å²) in [6, 6.07) is 2.60. The lowest BCUT2D eigenvalue weighted by Gasteiger charge is -2.19. The van der Waals surface area contributed by atoms with Gasteiger partial charge in [0.05, 0.1) is 13.2 Å². The Morgan fingerprint density at radius 2 is 2.45 bits per heavy atom. The van der Waals surface area contributed by atoms with Crippen LogP contribution in [0.5, 0.6) is 0 Å². The summed E-state index contributed by atoms with van der Waals surface area (Å²) in [5.41, 5.74) is 1.37. The molecule has 1 N–H and O–H groups in total. The largest absolute Gasteiger partial charge is 0.372 e. The van der Waals surface area contributed by atoms with Crippen LogP contribution in [0.15, 0.2) is 16.8 Å². The van der Waals surface area contributed by atoms with Gasteiger partial charge in [0.25, 0.3) is 0 Å². The van der Waals surface area contributed by atoms with E-state index in [2.05, 4.69) is 43.8 Å². The molecule has 0 spiro atoms. The molecule has 0 aliphatic carbocycles. The number of nitrogens with one attached hydrogen (secondary N) is 1. The smallest absolute Gasteiger partial charge is 0.159 e. The molecular weight excluding hydrogens is 272 g/mol. The fourth-order valence-corrected chi connectivity index (χ4v) is 3.26. The van der Waals surface area contributed by atoms with Crippen molar-refractivity contribution in [3.8, 4) is 0 Å². The molecule has 0 unspecified atom stereocenters. The Labute approximate surface area is 123 Å². The van der Waals surface area contributed by atoms with Crippen molar-refractivity contribution in [2.75, 3.05) is 6.61 Å². The maximum Gasteiger partial charge on any atom is 0.159 e.